The number of nitrogens with zero attached hydrogens (tertiary/aromatic N) is 2. The lowest BCUT2D eigenvalue weighted by Crippen LogP contribution is -2.27. The van der Waals surface area contributed by atoms with Crippen molar-refractivity contribution in [2.24, 2.45) is 0 Å². The minimum Gasteiger partial charge on any atom is -0.494 e. The highest BCUT2D eigenvalue weighted by molar-refractivity contribution is 5.59. The molecule has 0 spiro atoms. The number of imidazole rings is 1. The Bertz CT molecular complexity index is 522. The molecule has 19 heavy (non-hydrogen) atoms. The summed E-state index contributed by atoms with van der Waals surface area (Å²) < 4.78 is 7.82. The van der Waals surface area contributed by atoms with Crippen LogP contribution in [0, 0.1) is 0 Å². The Balaban J connectivity index is 1.79. The van der Waals surface area contributed by atoms with Gasteiger partial charge in [0.2, 0.25) is 0 Å². The van der Waals surface area contributed by atoms with Gasteiger partial charge >= 0.3 is 0 Å². The van der Waals surface area contributed by atoms with Crippen LogP contribution < -0.4 is 10.1 Å². The molecule has 0 radical (unpaired) electrons. The smallest absolute Gasteiger partial charge is 0.123 e. The van der Waals surface area contributed by atoms with Gasteiger partial charge < -0.3 is 14.6 Å². The summed E-state index contributed by atoms with van der Waals surface area (Å²) in [5, 5.41) is 3.33. The molecule has 100 valence electrons. The number of hydrogen-bond acceptors (Lipinski definition) is 3. The van der Waals surface area contributed by atoms with E-state index in [-0.39, 0.29) is 0 Å². The van der Waals surface area contributed by atoms with E-state index in [1.54, 1.807) is 0 Å². The van der Waals surface area contributed by atoms with E-state index >= 15 is 0 Å². The zero-order chi connectivity index (χ0) is 13.1. The van der Waals surface area contributed by atoms with Gasteiger partial charge in [-0.2, -0.15) is 0 Å². The molecular formula is C15H19N3O. The molecule has 0 amide bonds. The molecule has 1 aromatic heterocycles. The molecule has 0 bridgehead atoms. The minimum atomic E-state index is 0.768. The van der Waals surface area contributed by atoms with Crippen molar-refractivity contribution in [2.45, 2.75) is 26.4 Å². The number of fused-ring (bicyclic) bond motifs is 1. The zero-order valence-electron chi connectivity index (χ0n) is 11.2. The second-order valence-corrected chi connectivity index (χ2v) is 4.79. The Hall–Kier alpha value is -1.81. The highest BCUT2D eigenvalue weighted by atomic mass is 16.5. The van der Waals surface area contributed by atoms with Crippen LogP contribution in [0.1, 0.15) is 19.2 Å². The third kappa shape index (κ3) is 2.63. The summed E-state index contributed by atoms with van der Waals surface area (Å²) in [6.45, 7) is 5.76. The van der Waals surface area contributed by atoms with Crippen LogP contribution in [0.5, 0.6) is 5.75 Å². The lowest BCUT2D eigenvalue weighted by molar-refractivity contribution is 0.317. The van der Waals surface area contributed by atoms with Gasteiger partial charge in [-0.25, -0.2) is 4.98 Å². The summed E-state index contributed by atoms with van der Waals surface area (Å²) in [5.41, 5.74) is 2.19. The van der Waals surface area contributed by atoms with Crippen LogP contribution in [0.2, 0.25) is 0 Å². The standard InChI is InChI=1S/C15H19N3O/c1-2-9-19-13-5-3-12(4-6-13)14-11-18-8-7-16-10-15(18)17-14/h3-6,11,16H,2,7-10H2,1H3. The van der Waals surface area contributed by atoms with Crippen molar-refractivity contribution in [1.29, 1.82) is 0 Å². The predicted molar refractivity (Wildman–Crippen MR) is 75.2 cm³/mol. The SMILES string of the molecule is CCCOc1ccc(-c2cn3c(n2)CNCC3)cc1. The molecule has 0 unspecified atom stereocenters. The van der Waals surface area contributed by atoms with Crippen LogP contribution in [0.4, 0.5) is 0 Å². The number of ether oxygens (including phenoxy) is 1. The van der Waals surface area contributed by atoms with Crippen molar-refractivity contribution in [3.8, 4) is 17.0 Å². The van der Waals surface area contributed by atoms with E-state index in [4.69, 9.17) is 4.74 Å². The van der Waals surface area contributed by atoms with Crippen molar-refractivity contribution in [2.75, 3.05) is 13.2 Å². The molecule has 0 atom stereocenters. The van der Waals surface area contributed by atoms with Crippen molar-refractivity contribution in [3.05, 3.63) is 36.3 Å². The van der Waals surface area contributed by atoms with E-state index in [0.29, 0.717) is 0 Å². The monoisotopic (exact) mass is 257 g/mol. The topological polar surface area (TPSA) is 39.1 Å². The quantitative estimate of drug-likeness (QED) is 0.914. The average Bonchev–Trinajstić information content (AvgIpc) is 2.89. The molecule has 0 aliphatic carbocycles. The van der Waals surface area contributed by atoms with Crippen LogP contribution in [0.15, 0.2) is 30.5 Å². The molecule has 1 aromatic carbocycles. The first-order valence-electron chi connectivity index (χ1n) is 6.87. The van der Waals surface area contributed by atoms with Gasteiger partial charge in [-0.1, -0.05) is 6.92 Å². The van der Waals surface area contributed by atoms with Gasteiger partial charge in [0.25, 0.3) is 0 Å². The third-order valence-electron chi connectivity index (χ3n) is 3.29. The number of hydrogen-bond donors (Lipinski definition) is 1. The van der Waals surface area contributed by atoms with Gasteiger partial charge in [-0.05, 0) is 30.7 Å². The normalized spacial score (nSPS) is 14.2. The van der Waals surface area contributed by atoms with E-state index < -0.39 is 0 Å². The van der Waals surface area contributed by atoms with Crippen molar-refractivity contribution in [1.82, 2.24) is 14.9 Å². The maximum atomic E-state index is 5.59. The number of aromatic nitrogens is 2. The van der Waals surface area contributed by atoms with E-state index in [0.717, 1.165) is 55.5 Å². The van der Waals surface area contributed by atoms with Gasteiger partial charge in [0.1, 0.15) is 11.6 Å². The average molecular weight is 257 g/mol. The van der Waals surface area contributed by atoms with E-state index in [2.05, 4.69) is 40.1 Å². The summed E-state index contributed by atoms with van der Waals surface area (Å²) in [4.78, 5) is 4.67. The summed E-state index contributed by atoms with van der Waals surface area (Å²) in [7, 11) is 0. The molecule has 2 heterocycles. The van der Waals surface area contributed by atoms with Crippen LogP contribution in [0.3, 0.4) is 0 Å². The van der Waals surface area contributed by atoms with Crippen LogP contribution >= 0.6 is 0 Å². The second-order valence-electron chi connectivity index (χ2n) is 4.79. The largest absolute Gasteiger partial charge is 0.494 e. The van der Waals surface area contributed by atoms with Crippen molar-refractivity contribution in [3.63, 3.8) is 0 Å². The summed E-state index contributed by atoms with van der Waals surface area (Å²) in [5.74, 6) is 2.05. The summed E-state index contributed by atoms with van der Waals surface area (Å²) in [6.07, 6.45) is 3.17. The van der Waals surface area contributed by atoms with Gasteiger partial charge in [-0.3, -0.25) is 0 Å². The van der Waals surface area contributed by atoms with E-state index in [1.807, 2.05) is 12.1 Å². The Labute approximate surface area is 113 Å². The molecule has 4 nitrogen and oxygen atoms in total. The molecular weight excluding hydrogens is 238 g/mol. The molecule has 4 heteroatoms. The molecule has 1 aliphatic heterocycles. The Morgan fingerprint density at radius 2 is 2.16 bits per heavy atom. The molecule has 1 N–H and O–H groups in total. The van der Waals surface area contributed by atoms with Crippen LogP contribution in [-0.2, 0) is 13.1 Å². The zero-order valence-corrected chi connectivity index (χ0v) is 11.2. The Kier molecular flexibility index (Phi) is 3.51. The molecule has 2 aromatic rings. The highest BCUT2D eigenvalue weighted by Gasteiger charge is 2.12. The summed E-state index contributed by atoms with van der Waals surface area (Å²) in [6, 6.07) is 8.18. The molecule has 3 rings (SSSR count). The number of benzene rings is 1. The molecule has 0 saturated carbocycles. The first-order chi connectivity index (χ1) is 9.36. The highest BCUT2D eigenvalue weighted by Crippen LogP contribution is 2.22. The summed E-state index contributed by atoms with van der Waals surface area (Å²) >= 11 is 0. The lowest BCUT2D eigenvalue weighted by Gasteiger charge is -2.13. The Morgan fingerprint density at radius 3 is 2.89 bits per heavy atom. The van der Waals surface area contributed by atoms with Gasteiger partial charge in [0.05, 0.1) is 18.8 Å². The van der Waals surface area contributed by atoms with Crippen molar-refractivity contribution >= 4 is 0 Å². The fourth-order valence-electron chi connectivity index (χ4n) is 2.27. The second kappa shape index (κ2) is 5.45. The van der Waals surface area contributed by atoms with Crippen LogP contribution in [0.25, 0.3) is 11.3 Å². The van der Waals surface area contributed by atoms with Crippen LogP contribution in [-0.4, -0.2) is 22.7 Å². The first-order valence-corrected chi connectivity index (χ1v) is 6.87. The predicted octanol–water partition coefficient (Wildman–Crippen LogP) is 2.44. The third-order valence-corrected chi connectivity index (χ3v) is 3.29. The minimum absolute atomic E-state index is 0.768. The van der Waals surface area contributed by atoms with Gasteiger partial charge in [-0.15, -0.1) is 0 Å². The molecule has 1 aliphatic rings. The Morgan fingerprint density at radius 1 is 1.32 bits per heavy atom. The fraction of sp³-hybridized carbons (Fsp3) is 0.400. The van der Waals surface area contributed by atoms with Gasteiger partial charge in [0, 0.05) is 24.8 Å². The maximum Gasteiger partial charge on any atom is 0.123 e. The molecule has 0 saturated heterocycles. The van der Waals surface area contributed by atoms with E-state index in [1.165, 1.54) is 0 Å². The number of rotatable bonds is 4. The number of nitrogens with one attached hydrogen (secondary N) is 1. The molecule has 0 fully saturated rings. The lowest BCUT2D eigenvalue weighted by atomic mass is 10.1. The van der Waals surface area contributed by atoms with E-state index in [9.17, 15) is 0 Å². The maximum absolute atomic E-state index is 5.59. The fourth-order valence-corrected chi connectivity index (χ4v) is 2.27. The van der Waals surface area contributed by atoms with Crippen molar-refractivity contribution < 1.29 is 4.74 Å². The van der Waals surface area contributed by atoms with Gasteiger partial charge in [0.15, 0.2) is 0 Å². The first kappa shape index (κ1) is 12.2.